The van der Waals surface area contributed by atoms with Crippen molar-refractivity contribution in [2.75, 3.05) is 26.0 Å². The monoisotopic (exact) mass is 404 g/mol. The third-order valence-electron chi connectivity index (χ3n) is 3.42. The van der Waals surface area contributed by atoms with Crippen molar-refractivity contribution in [2.24, 2.45) is 0 Å². The molecule has 2 amide bonds. The number of halogens is 1. The molecule has 0 atom stereocenters. The molecule has 0 heterocycles. The molecule has 0 aliphatic rings. The molecule has 1 N–H and O–H groups in total. The van der Waals surface area contributed by atoms with E-state index in [-0.39, 0.29) is 11.8 Å². The SMILES string of the molecule is CCCOc1ccc(Br)cc1C(=O)Nc1cccc(C(=O)N(C)C)c1. The largest absolute Gasteiger partial charge is 0.493 e. The van der Waals surface area contributed by atoms with Gasteiger partial charge in [-0.25, -0.2) is 0 Å². The van der Waals surface area contributed by atoms with E-state index in [0.29, 0.717) is 29.2 Å². The second-order valence-corrected chi connectivity index (χ2v) is 6.64. The van der Waals surface area contributed by atoms with E-state index in [2.05, 4.69) is 21.2 Å². The lowest BCUT2D eigenvalue weighted by Crippen LogP contribution is -2.22. The molecule has 6 heteroatoms. The number of amides is 2. The van der Waals surface area contributed by atoms with Gasteiger partial charge in [-0.1, -0.05) is 28.9 Å². The first-order valence-corrected chi connectivity index (χ1v) is 8.77. The van der Waals surface area contributed by atoms with Crippen LogP contribution in [0.5, 0.6) is 5.75 Å². The first-order chi connectivity index (χ1) is 11.9. The first kappa shape index (κ1) is 19.0. The average Bonchev–Trinajstić information content (AvgIpc) is 2.60. The molecule has 0 saturated heterocycles. The minimum atomic E-state index is -0.290. The first-order valence-electron chi connectivity index (χ1n) is 7.97. The molecule has 0 bridgehead atoms. The molecule has 2 aromatic carbocycles. The van der Waals surface area contributed by atoms with E-state index in [4.69, 9.17) is 4.74 Å². The highest BCUT2D eigenvalue weighted by atomic mass is 79.9. The lowest BCUT2D eigenvalue weighted by Gasteiger charge is -2.13. The minimum Gasteiger partial charge on any atom is -0.493 e. The van der Waals surface area contributed by atoms with Crippen LogP contribution in [0, 0.1) is 0 Å². The summed E-state index contributed by atoms with van der Waals surface area (Å²) in [4.78, 5) is 26.2. The summed E-state index contributed by atoms with van der Waals surface area (Å²) in [5.41, 5.74) is 1.51. The van der Waals surface area contributed by atoms with Gasteiger partial charge in [0.1, 0.15) is 5.75 Å². The molecular formula is C19H21BrN2O3. The second kappa shape index (κ2) is 8.67. The normalized spacial score (nSPS) is 10.2. The molecule has 2 aromatic rings. The molecule has 25 heavy (non-hydrogen) atoms. The number of anilines is 1. The van der Waals surface area contributed by atoms with E-state index in [1.165, 1.54) is 4.90 Å². The fraction of sp³-hybridized carbons (Fsp3) is 0.263. The van der Waals surface area contributed by atoms with Crippen LogP contribution in [0.4, 0.5) is 5.69 Å². The van der Waals surface area contributed by atoms with Gasteiger partial charge in [-0.3, -0.25) is 9.59 Å². The van der Waals surface area contributed by atoms with Gasteiger partial charge in [0.2, 0.25) is 0 Å². The zero-order chi connectivity index (χ0) is 18.4. The second-order valence-electron chi connectivity index (χ2n) is 5.72. The van der Waals surface area contributed by atoms with Crippen LogP contribution in [0.25, 0.3) is 0 Å². The van der Waals surface area contributed by atoms with Crippen molar-refractivity contribution in [1.29, 1.82) is 0 Å². The Morgan fingerprint density at radius 2 is 1.92 bits per heavy atom. The number of hydrogen-bond donors (Lipinski definition) is 1. The lowest BCUT2D eigenvalue weighted by atomic mass is 10.1. The van der Waals surface area contributed by atoms with Crippen molar-refractivity contribution in [2.45, 2.75) is 13.3 Å². The van der Waals surface area contributed by atoms with E-state index in [1.54, 1.807) is 50.5 Å². The maximum Gasteiger partial charge on any atom is 0.259 e. The number of nitrogens with one attached hydrogen (secondary N) is 1. The molecule has 132 valence electrons. The summed E-state index contributed by atoms with van der Waals surface area (Å²) in [7, 11) is 3.37. The van der Waals surface area contributed by atoms with Crippen molar-refractivity contribution in [3.63, 3.8) is 0 Å². The van der Waals surface area contributed by atoms with Gasteiger partial charge in [0.05, 0.1) is 12.2 Å². The standard InChI is InChI=1S/C19H21BrN2O3/c1-4-10-25-17-9-8-14(20)12-16(17)18(23)21-15-7-5-6-13(11-15)19(24)22(2)3/h5-9,11-12H,4,10H2,1-3H3,(H,21,23). The summed E-state index contributed by atoms with van der Waals surface area (Å²) in [6.45, 7) is 2.54. The molecule has 0 saturated carbocycles. The van der Waals surface area contributed by atoms with Gasteiger partial charge in [0.15, 0.2) is 0 Å². The maximum absolute atomic E-state index is 12.7. The third kappa shape index (κ3) is 5.06. The topological polar surface area (TPSA) is 58.6 Å². The molecule has 0 unspecified atom stereocenters. The van der Waals surface area contributed by atoms with Crippen LogP contribution in [0.15, 0.2) is 46.9 Å². The van der Waals surface area contributed by atoms with E-state index in [1.807, 2.05) is 13.0 Å². The van der Waals surface area contributed by atoms with E-state index < -0.39 is 0 Å². The molecule has 5 nitrogen and oxygen atoms in total. The molecule has 0 aromatic heterocycles. The predicted molar refractivity (Wildman–Crippen MR) is 102 cm³/mol. The predicted octanol–water partition coefficient (Wildman–Crippen LogP) is 4.19. The molecule has 0 radical (unpaired) electrons. The van der Waals surface area contributed by atoms with E-state index >= 15 is 0 Å². The van der Waals surface area contributed by atoms with Gasteiger partial charge < -0.3 is 15.0 Å². The van der Waals surface area contributed by atoms with Crippen LogP contribution in [-0.4, -0.2) is 37.4 Å². The third-order valence-corrected chi connectivity index (χ3v) is 3.91. The molecule has 0 aliphatic heterocycles. The summed E-state index contributed by atoms with van der Waals surface area (Å²) >= 11 is 3.38. The Hall–Kier alpha value is -2.34. The summed E-state index contributed by atoms with van der Waals surface area (Å²) in [6, 6.07) is 12.2. The summed E-state index contributed by atoms with van der Waals surface area (Å²) in [5, 5.41) is 2.83. The highest BCUT2D eigenvalue weighted by Gasteiger charge is 2.15. The molecule has 0 fully saturated rings. The van der Waals surface area contributed by atoms with E-state index in [9.17, 15) is 9.59 Å². The van der Waals surface area contributed by atoms with Crippen molar-refractivity contribution in [3.8, 4) is 5.75 Å². The maximum atomic E-state index is 12.7. The van der Waals surface area contributed by atoms with Crippen molar-refractivity contribution in [1.82, 2.24) is 4.90 Å². The van der Waals surface area contributed by atoms with Crippen LogP contribution in [0.2, 0.25) is 0 Å². The molecule has 2 rings (SSSR count). The Kier molecular flexibility index (Phi) is 6.58. The highest BCUT2D eigenvalue weighted by molar-refractivity contribution is 9.10. The highest BCUT2D eigenvalue weighted by Crippen LogP contribution is 2.25. The summed E-state index contributed by atoms with van der Waals surface area (Å²) in [6.07, 6.45) is 0.853. The Balaban J connectivity index is 2.24. The van der Waals surface area contributed by atoms with Gasteiger partial charge in [0, 0.05) is 29.8 Å². The Labute approximate surface area is 156 Å². The van der Waals surface area contributed by atoms with Gasteiger partial charge in [-0.15, -0.1) is 0 Å². The average molecular weight is 405 g/mol. The fourth-order valence-corrected chi connectivity index (χ4v) is 2.57. The van der Waals surface area contributed by atoms with Crippen molar-refractivity contribution < 1.29 is 14.3 Å². The fourth-order valence-electron chi connectivity index (χ4n) is 2.20. The van der Waals surface area contributed by atoms with Crippen LogP contribution in [-0.2, 0) is 0 Å². The number of ether oxygens (including phenoxy) is 1. The van der Waals surface area contributed by atoms with Gasteiger partial charge >= 0.3 is 0 Å². The summed E-state index contributed by atoms with van der Waals surface area (Å²) in [5.74, 6) is 0.121. The number of nitrogens with zero attached hydrogens (tertiary/aromatic N) is 1. The minimum absolute atomic E-state index is 0.120. The number of carbonyl (C=O) groups is 2. The van der Waals surface area contributed by atoms with Gasteiger partial charge in [0.25, 0.3) is 11.8 Å². The lowest BCUT2D eigenvalue weighted by molar-refractivity contribution is 0.0827. The van der Waals surface area contributed by atoms with Crippen LogP contribution in [0.1, 0.15) is 34.1 Å². The molecule has 0 spiro atoms. The molecular weight excluding hydrogens is 384 g/mol. The van der Waals surface area contributed by atoms with Crippen molar-refractivity contribution >= 4 is 33.4 Å². The van der Waals surface area contributed by atoms with Gasteiger partial charge in [-0.2, -0.15) is 0 Å². The molecule has 0 aliphatic carbocycles. The van der Waals surface area contributed by atoms with Crippen molar-refractivity contribution in [3.05, 3.63) is 58.1 Å². The number of rotatable bonds is 6. The summed E-state index contributed by atoms with van der Waals surface area (Å²) < 4.78 is 6.44. The smallest absolute Gasteiger partial charge is 0.259 e. The van der Waals surface area contributed by atoms with Crippen LogP contribution in [0.3, 0.4) is 0 Å². The Morgan fingerprint density at radius 1 is 1.16 bits per heavy atom. The van der Waals surface area contributed by atoms with Crippen LogP contribution >= 0.6 is 15.9 Å². The van der Waals surface area contributed by atoms with Gasteiger partial charge in [-0.05, 0) is 42.8 Å². The quantitative estimate of drug-likeness (QED) is 0.784. The zero-order valence-electron chi connectivity index (χ0n) is 14.5. The van der Waals surface area contributed by atoms with E-state index in [0.717, 1.165) is 10.9 Å². The number of carbonyl (C=O) groups excluding carboxylic acids is 2. The Bertz CT molecular complexity index is 775. The number of hydrogen-bond acceptors (Lipinski definition) is 3. The van der Waals surface area contributed by atoms with Crippen LogP contribution < -0.4 is 10.1 Å². The Morgan fingerprint density at radius 3 is 2.60 bits per heavy atom. The zero-order valence-corrected chi connectivity index (χ0v) is 16.1. The number of benzene rings is 2.